The van der Waals surface area contributed by atoms with Crippen molar-refractivity contribution >= 4 is 39.6 Å². The molecule has 0 saturated carbocycles. The molecule has 1 heterocycles. The van der Waals surface area contributed by atoms with Gasteiger partial charge in [-0.2, -0.15) is 18.4 Å². The number of methoxy groups -OCH3 is 1. The Labute approximate surface area is 219 Å². The minimum absolute atomic E-state index is 0.0213. The van der Waals surface area contributed by atoms with Crippen LogP contribution in [-0.2, 0) is 25.2 Å². The smallest absolute Gasteiger partial charge is 0.416 e. The summed E-state index contributed by atoms with van der Waals surface area (Å²) in [5.74, 6) is -1.65. The van der Waals surface area contributed by atoms with Crippen LogP contribution in [0.4, 0.5) is 23.7 Å². The van der Waals surface area contributed by atoms with Crippen molar-refractivity contribution in [2.45, 2.75) is 19.1 Å². The molecule has 0 aliphatic carbocycles. The Morgan fingerprint density at radius 2 is 1.84 bits per heavy atom. The van der Waals surface area contributed by atoms with Crippen molar-refractivity contribution in [3.63, 3.8) is 0 Å². The largest absolute Gasteiger partial charge is 0.468 e. The number of amides is 2. The number of anilines is 1. The second-order valence-corrected chi connectivity index (χ2v) is 8.28. The quantitative estimate of drug-likeness (QED) is 0.340. The molecule has 0 fully saturated rings. The third kappa shape index (κ3) is 5.77. The summed E-state index contributed by atoms with van der Waals surface area (Å²) in [5.41, 5.74) is -0.496. The predicted molar refractivity (Wildman–Crippen MR) is 129 cm³/mol. The van der Waals surface area contributed by atoms with E-state index in [4.69, 9.17) is 14.7 Å². The van der Waals surface area contributed by atoms with Crippen molar-refractivity contribution in [3.8, 4) is 6.07 Å². The molecule has 0 unspecified atom stereocenters. The van der Waals surface area contributed by atoms with Crippen molar-refractivity contribution in [2.24, 2.45) is 0 Å². The first-order chi connectivity index (χ1) is 17.6. The van der Waals surface area contributed by atoms with Gasteiger partial charge in [0.1, 0.15) is 6.54 Å². The normalized spacial score (nSPS) is 15.9. The number of nitrogens with zero attached hydrogens (tertiary/aromatic N) is 3. The van der Waals surface area contributed by atoms with Gasteiger partial charge in [0.25, 0.3) is 0 Å². The summed E-state index contributed by atoms with van der Waals surface area (Å²) in [7, 11) is 1.12. The molecular weight excluding hydrogens is 559 g/mol. The van der Waals surface area contributed by atoms with E-state index in [0.29, 0.717) is 11.1 Å². The lowest BCUT2D eigenvalue weighted by atomic mass is 9.92. The number of rotatable bonds is 7. The maximum atomic E-state index is 13.8. The number of ether oxygens (including phenoxy) is 2. The lowest BCUT2D eigenvalue weighted by molar-refractivity contribution is -0.143. The molecule has 2 amide bonds. The molecule has 1 atom stereocenters. The molecule has 2 aromatic carbocycles. The van der Waals surface area contributed by atoms with Crippen LogP contribution in [-0.4, -0.2) is 48.5 Å². The van der Waals surface area contributed by atoms with Gasteiger partial charge in [-0.05, 0) is 42.8 Å². The van der Waals surface area contributed by atoms with Gasteiger partial charge < -0.3 is 14.4 Å². The Bertz CT molecular complexity index is 1270. The number of allylic oxidation sites excluding steroid dienone is 1. The van der Waals surface area contributed by atoms with E-state index in [1.54, 1.807) is 6.92 Å². The minimum atomic E-state index is -4.69. The van der Waals surface area contributed by atoms with Crippen LogP contribution >= 0.6 is 15.9 Å². The lowest BCUT2D eigenvalue weighted by Gasteiger charge is -2.42. The number of esters is 2. The fourth-order valence-electron chi connectivity index (χ4n) is 3.90. The van der Waals surface area contributed by atoms with Gasteiger partial charge in [0, 0.05) is 5.33 Å². The number of benzene rings is 2. The Morgan fingerprint density at radius 1 is 1.16 bits per heavy atom. The topological polar surface area (TPSA) is 99.9 Å². The summed E-state index contributed by atoms with van der Waals surface area (Å²) >= 11 is 3.27. The van der Waals surface area contributed by atoms with Crippen molar-refractivity contribution in [3.05, 3.63) is 76.5 Å². The van der Waals surface area contributed by atoms with Crippen LogP contribution in [0.1, 0.15) is 29.7 Å². The molecule has 12 heteroatoms. The summed E-state index contributed by atoms with van der Waals surface area (Å²) in [6, 6.07) is 10.0. The molecule has 0 saturated heterocycles. The van der Waals surface area contributed by atoms with E-state index in [0.717, 1.165) is 35.1 Å². The zero-order valence-electron chi connectivity index (χ0n) is 19.7. The number of carbonyl (C=O) groups excluding carboxylic acids is 3. The molecule has 1 aliphatic heterocycles. The monoisotopic (exact) mass is 579 g/mol. The number of alkyl halides is 4. The molecule has 1 aliphatic rings. The van der Waals surface area contributed by atoms with Gasteiger partial charge in [-0.3, -0.25) is 9.69 Å². The van der Waals surface area contributed by atoms with Crippen LogP contribution in [0.25, 0.3) is 0 Å². The van der Waals surface area contributed by atoms with Crippen molar-refractivity contribution in [1.29, 1.82) is 5.26 Å². The predicted octanol–water partition coefficient (Wildman–Crippen LogP) is 4.95. The van der Waals surface area contributed by atoms with Crippen LogP contribution in [0.3, 0.4) is 0 Å². The summed E-state index contributed by atoms with van der Waals surface area (Å²) in [6.07, 6.45) is -4.69. The number of carbonyl (C=O) groups is 3. The molecule has 194 valence electrons. The molecule has 0 radical (unpaired) electrons. The SMILES string of the molecule is CCOC(=O)C1=C(CBr)N(c2cccc(C(F)(F)F)c2)C(=O)N(CC(=O)OC)[C@@H]1c1ccc(C#N)cc1. The van der Waals surface area contributed by atoms with Gasteiger partial charge in [-0.15, -0.1) is 0 Å². The first-order valence-electron chi connectivity index (χ1n) is 10.9. The van der Waals surface area contributed by atoms with Gasteiger partial charge >= 0.3 is 24.1 Å². The molecule has 3 rings (SSSR count). The van der Waals surface area contributed by atoms with Gasteiger partial charge in [-0.25, -0.2) is 9.59 Å². The highest BCUT2D eigenvalue weighted by Gasteiger charge is 2.45. The number of hydrogen-bond acceptors (Lipinski definition) is 6. The van der Waals surface area contributed by atoms with Crippen molar-refractivity contribution in [2.75, 3.05) is 30.5 Å². The number of halogens is 4. The van der Waals surface area contributed by atoms with Crippen molar-refractivity contribution in [1.82, 2.24) is 4.90 Å². The Balaban J connectivity index is 2.33. The van der Waals surface area contributed by atoms with Crippen LogP contribution in [0.2, 0.25) is 0 Å². The number of hydrogen-bond donors (Lipinski definition) is 0. The Kier molecular flexibility index (Phi) is 8.60. The Hall–Kier alpha value is -3.85. The van der Waals surface area contributed by atoms with E-state index in [-0.39, 0.29) is 28.9 Å². The van der Waals surface area contributed by atoms with E-state index in [1.165, 1.54) is 30.3 Å². The lowest BCUT2D eigenvalue weighted by Crippen LogP contribution is -2.53. The van der Waals surface area contributed by atoms with Gasteiger partial charge in [0.15, 0.2) is 0 Å². The molecule has 0 N–H and O–H groups in total. The zero-order valence-corrected chi connectivity index (χ0v) is 21.3. The van der Waals surface area contributed by atoms with E-state index < -0.39 is 42.3 Å². The third-order valence-electron chi connectivity index (χ3n) is 5.54. The first kappa shape index (κ1) is 27.7. The van der Waals surface area contributed by atoms with Crippen LogP contribution < -0.4 is 4.90 Å². The Morgan fingerprint density at radius 3 is 2.38 bits per heavy atom. The highest BCUT2D eigenvalue weighted by atomic mass is 79.9. The maximum Gasteiger partial charge on any atom is 0.416 e. The summed E-state index contributed by atoms with van der Waals surface area (Å²) in [4.78, 5) is 41.4. The molecular formula is C25H21BrF3N3O5. The van der Waals surface area contributed by atoms with Gasteiger partial charge in [0.05, 0.1) is 53.9 Å². The van der Waals surface area contributed by atoms with E-state index >= 15 is 0 Å². The van der Waals surface area contributed by atoms with Crippen LogP contribution in [0, 0.1) is 11.3 Å². The van der Waals surface area contributed by atoms with Gasteiger partial charge in [-0.1, -0.05) is 34.1 Å². The van der Waals surface area contributed by atoms with Crippen LogP contribution in [0.15, 0.2) is 59.8 Å². The number of nitriles is 1. The zero-order chi connectivity index (χ0) is 27.3. The third-order valence-corrected chi connectivity index (χ3v) is 6.07. The van der Waals surface area contributed by atoms with E-state index in [9.17, 15) is 27.6 Å². The summed E-state index contributed by atoms with van der Waals surface area (Å²) in [6.45, 7) is 0.939. The molecule has 0 aromatic heterocycles. The van der Waals surface area contributed by atoms with E-state index in [1.807, 2.05) is 6.07 Å². The number of urea groups is 1. The second kappa shape index (κ2) is 11.5. The fraction of sp³-hybridized carbons (Fsp3) is 0.280. The average Bonchev–Trinajstić information content (AvgIpc) is 2.88. The minimum Gasteiger partial charge on any atom is -0.468 e. The van der Waals surface area contributed by atoms with Crippen molar-refractivity contribution < 1.29 is 37.0 Å². The molecule has 0 spiro atoms. The maximum absolute atomic E-state index is 13.8. The molecule has 2 aromatic rings. The molecule has 8 nitrogen and oxygen atoms in total. The summed E-state index contributed by atoms with van der Waals surface area (Å²) < 4.78 is 50.4. The standard InChI is InChI=1S/C25H21BrF3N3O5/c1-3-37-23(34)21-19(12-26)32(18-6-4-5-17(11-18)25(27,28)29)24(35)31(14-20(33)36-2)22(21)16-9-7-15(13-30)8-10-16/h4-11,22H,3,12,14H2,1-2H3/t22-/m1/s1. The fourth-order valence-corrected chi connectivity index (χ4v) is 4.45. The van der Waals surface area contributed by atoms with Crippen LogP contribution in [0.5, 0.6) is 0 Å². The van der Waals surface area contributed by atoms with E-state index in [2.05, 4.69) is 15.9 Å². The first-order valence-corrected chi connectivity index (χ1v) is 12.0. The molecule has 37 heavy (non-hydrogen) atoms. The highest BCUT2D eigenvalue weighted by Crippen LogP contribution is 2.41. The highest BCUT2D eigenvalue weighted by molar-refractivity contribution is 9.09. The average molecular weight is 580 g/mol. The molecule has 0 bridgehead atoms. The van der Waals surface area contributed by atoms with Gasteiger partial charge in [0.2, 0.25) is 0 Å². The summed E-state index contributed by atoms with van der Waals surface area (Å²) in [5, 5.41) is 9.05. The second-order valence-electron chi connectivity index (χ2n) is 7.72.